The largest absolute Gasteiger partial charge is 0.445 e. The molecule has 16 atom stereocenters. The molecule has 27 nitrogen and oxygen atoms in total. The van der Waals surface area contributed by atoms with Gasteiger partial charge in [0.25, 0.3) is 0 Å². The lowest BCUT2D eigenvalue weighted by atomic mass is 9.83. The average molecular weight is 1290 g/mol. The highest BCUT2D eigenvalue weighted by molar-refractivity contribution is 5.69. The standard InChI is InChI=1S/C66H78N6O21/c73-34-46(75)31-67-51-30-52(72-66(82)87-40-45-24-14-5-15-25-45)56(91-59-49(70-64(80)85-38-43-20-10-3-11-21-43)28-26-47(88-59)32-68-62(78)83-36-41-16-6-1-7-17-41)58(54(51)76)93-61-55(77)57(53(35-74)90-61)92-60-50(71-65(81)86-39-44-22-12-4-13-23-44)29-27-48(89-60)33-69-63(79)84-37-42-18-8-2-9-19-42/h1-29,46-61,67,73-77H,30-40H2,(H,68,78)(H,69,79)(H,70,80)(H,71,81)(H,72,82)/t46?,47-,48+,49+,50+,51+,52-,53+,54-,55+,56+,57+,58+,59+,60+,61-/m0/s1. The van der Waals surface area contributed by atoms with Crippen molar-refractivity contribution < 1.29 is 102 Å². The molecule has 3 heterocycles. The Labute approximate surface area is 536 Å². The van der Waals surface area contributed by atoms with Crippen molar-refractivity contribution >= 4 is 30.5 Å². The van der Waals surface area contributed by atoms with Crippen molar-refractivity contribution in [3.05, 3.63) is 204 Å². The lowest BCUT2D eigenvalue weighted by Crippen LogP contribution is -2.68. The van der Waals surface area contributed by atoms with E-state index in [9.17, 15) is 49.5 Å². The fourth-order valence-electron chi connectivity index (χ4n) is 10.4. The summed E-state index contributed by atoms with van der Waals surface area (Å²) >= 11 is 0. The van der Waals surface area contributed by atoms with Gasteiger partial charge >= 0.3 is 30.5 Å². The van der Waals surface area contributed by atoms with Crippen LogP contribution in [0.1, 0.15) is 34.2 Å². The summed E-state index contributed by atoms with van der Waals surface area (Å²) in [6.45, 7) is -2.54. The Morgan fingerprint density at radius 1 is 0.441 bits per heavy atom. The molecule has 498 valence electrons. The van der Waals surface area contributed by atoms with Crippen molar-refractivity contribution in [3.8, 4) is 0 Å². The summed E-state index contributed by atoms with van der Waals surface area (Å²) in [4.78, 5) is 67.0. The van der Waals surface area contributed by atoms with E-state index in [4.69, 9.17) is 52.1 Å². The number of hydrogen-bond acceptors (Lipinski definition) is 22. The van der Waals surface area contributed by atoms with Crippen LogP contribution in [0.2, 0.25) is 0 Å². The van der Waals surface area contributed by atoms with Gasteiger partial charge in [0.1, 0.15) is 75.6 Å². The molecule has 1 saturated carbocycles. The molecule has 1 unspecified atom stereocenters. The van der Waals surface area contributed by atoms with Crippen LogP contribution in [0.5, 0.6) is 0 Å². The van der Waals surface area contributed by atoms with Crippen LogP contribution in [-0.2, 0) is 85.1 Å². The van der Waals surface area contributed by atoms with Crippen molar-refractivity contribution in [1.82, 2.24) is 31.9 Å². The summed E-state index contributed by atoms with van der Waals surface area (Å²) in [5.41, 5.74) is 3.52. The van der Waals surface area contributed by atoms with Crippen molar-refractivity contribution in [2.24, 2.45) is 0 Å². The molecule has 5 aromatic carbocycles. The average Bonchev–Trinajstić information content (AvgIpc) is 1.78. The minimum absolute atomic E-state index is 0.0152. The minimum Gasteiger partial charge on any atom is -0.445 e. The van der Waals surface area contributed by atoms with Gasteiger partial charge in [-0.2, -0.15) is 0 Å². The third-order valence-corrected chi connectivity index (χ3v) is 15.2. The maximum absolute atomic E-state index is 14.0. The van der Waals surface area contributed by atoms with E-state index in [1.807, 2.05) is 18.2 Å². The van der Waals surface area contributed by atoms with E-state index in [2.05, 4.69) is 31.9 Å². The normalized spacial score (nSPS) is 26.7. The number of nitrogens with one attached hydrogen (secondary N) is 6. The number of aliphatic hydroxyl groups is 5. The molecule has 1 aliphatic carbocycles. The number of aliphatic hydroxyl groups excluding tert-OH is 5. The highest BCUT2D eigenvalue weighted by Gasteiger charge is 2.54. The molecule has 0 aromatic heterocycles. The van der Waals surface area contributed by atoms with Gasteiger partial charge in [0, 0.05) is 12.6 Å². The molecular weight excluding hydrogens is 1210 g/mol. The summed E-state index contributed by atoms with van der Waals surface area (Å²) in [5, 5.41) is 72.9. The van der Waals surface area contributed by atoms with E-state index < -0.39 is 142 Å². The molecular formula is C66H78N6O21. The number of rotatable bonds is 28. The van der Waals surface area contributed by atoms with E-state index >= 15 is 0 Å². The van der Waals surface area contributed by atoms with E-state index in [0.717, 1.165) is 11.1 Å². The first-order chi connectivity index (χ1) is 45.3. The predicted molar refractivity (Wildman–Crippen MR) is 327 cm³/mol. The van der Waals surface area contributed by atoms with Crippen LogP contribution in [0.15, 0.2) is 176 Å². The maximum Gasteiger partial charge on any atom is 0.408 e. The Morgan fingerprint density at radius 3 is 1.22 bits per heavy atom. The van der Waals surface area contributed by atoms with Gasteiger partial charge < -0.3 is 110 Å². The molecule has 3 aliphatic heterocycles. The Bertz CT molecular complexity index is 3170. The van der Waals surface area contributed by atoms with Gasteiger partial charge in [0.2, 0.25) is 0 Å². The van der Waals surface area contributed by atoms with E-state index in [1.165, 1.54) is 12.2 Å². The summed E-state index contributed by atoms with van der Waals surface area (Å²) in [6, 6.07) is 39.9. The van der Waals surface area contributed by atoms with Crippen LogP contribution >= 0.6 is 0 Å². The predicted octanol–water partition coefficient (Wildman–Crippen LogP) is 3.60. The second-order valence-corrected chi connectivity index (χ2v) is 22.1. The lowest BCUT2D eigenvalue weighted by molar-refractivity contribution is -0.282. The van der Waals surface area contributed by atoms with Gasteiger partial charge in [0.15, 0.2) is 18.9 Å². The number of benzene rings is 5. The smallest absolute Gasteiger partial charge is 0.408 e. The second-order valence-electron chi connectivity index (χ2n) is 22.1. The van der Waals surface area contributed by atoms with Crippen molar-refractivity contribution in [3.63, 3.8) is 0 Å². The van der Waals surface area contributed by atoms with Crippen molar-refractivity contribution in [2.75, 3.05) is 32.8 Å². The monoisotopic (exact) mass is 1290 g/mol. The first kappa shape index (κ1) is 68.8. The maximum atomic E-state index is 14.0. The quantitative estimate of drug-likeness (QED) is 0.0252. The van der Waals surface area contributed by atoms with Gasteiger partial charge in [-0.15, -0.1) is 0 Å². The third kappa shape index (κ3) is 21.2. The molecule has 1 saturated heterocycles. The molecule has 5 amide bonds. The molecule has 0 radical (unpaired) electrons. The number of carbonyl (C=O) groups is 5. The van der Waals surface area contributed by atoms with Crippen LogP contribution in [-0.4, -0.2) is 187 Å². The second kappa shape index (κ2) is 35.5. The molecule has 0 bridgehead atoms. The van der Waals surface area contributed by atoms with E-state index in [1.54, 1.807) is 146 Å². The highest BCUT2D eigenvalue weighted by atomic mass is 16.8. The first-order valence-electron chi connectivity index (χ1n) is 30.4. The highest BCUT2D eigenvalue weighted by Crippen LogP contribution is 2.35. The summed E-state index contributed by atoms with van der Waals surface area (Å²) in [5.74, 6) is 0. The van der Waals surface area contributed by atoms with Gasteiger partial charge in [-0.1, -0.05) is 176 Å². The summed E-state index contributed by atoms with van der Waals surface area (Å²) in [6.07, 6.45) is -16.2. The number of amides is 5. The van der Waals surface area contributed by atoms with Crippen LogP contribution in [0.3, 0.4) is 0 Å². The number of hydrogen-bond donors (Lipinski definition) is 11. The number of alkyl carbamates (subject to hydrolysis) is 5. The Hall–Kier alpha value is -8.55. The fraction of sp³-hybridized carbons (Fsp3) is 0.409. The van der Waals surface area contributed by atoms with Crippen molar-refractivity contribution in [1.29, 1.82) is 0 Å². The Kier molecular flexibility index (Phi) is 26.2. The molecule has 2 fully saturated rings. The molecule has 93 heavy (non-hydrogen) atoms. The summed E-state index contributed by atoms with van der Waals surface area (Å²) < 4.78 is 66.5. The SMILES string of the molecule is O=C(NC[C@H]1C=C[C@@H](NC(=O)OCc2ccccc2)[C@@H](O[C@H]2[C@@H](O)[C@H](O[C@@H]3[C@@H](O)[C@H](NCC(O)CO)C[C@H](NC(=O)OCc4ccccc4)[C@H]3O[C@H]3O[C@H](CNC(=O)OCc4ccccc4)C=C[C@H]3NC(=O)OCc3ccccc3)O[C@@H]2CO)O1)OCc1ccccc1. The molecule has 27 heteroatoms. The zero-order chi connectivity index (χ0) is 65.3. The number of carbonyl (C=O) groups excluding carboxylic acids is 5. The molecule has 11 N–H and O–H groups in total. The molecule has 5 aromatic rings. The Morgan fingerprint density at radius 2 is 0.817 bits per heavy atom. The number of ether oxygens (including phenoxy) is 11. The van der Waals surface area contributed by atoms with Crippen LogP contribution in [0.25, 0.3) is 0 Å². The lowest BCUT2D eigenvalue weighted by Gasteiger charge is -2.47. The van der Waals surface area contributed by atoms with E-state index in [0.29, 0.717) is 16.7 Å². The van der Waals surface area contributed by atoms with Crippen LogP contribution in [0.4, 0.5) is 24.0 Å². The van der Waals surface area contributed by atoms with Crippen molar-refractivity contribution in [2.45, 2.75) is 137 Å². The molecule has 0 spiro atoms. The summed E-state index contributed by atoms with van der Waals surface area (Å²) in [7, 11) is 0. The molecule has 4 aliphatic rings. The van der Waals surface area contributed by atoms with Gasteiger partial charge in [-0.05, 0) is 34.2 Å². The van der Waals surface area contributed by atoms with Gasteiger partial charge in [-0.25, -0.2) is 24.0 Å². The fourth-order valence-corrected chi connectivity index (χ4v) is 10.4. The van der Waals surface area contributed by atoms with Gasteiger partial charge in [-0.3, -0.25) is 0 Å². The third-order valence-electron chi connectivity index (χ3n) is 15.2. The zero-order valence-corrected chi connectivity index (χ0v) is 50.5. The van der Waals surface area contributed by atoms with Crippen LogP contribution < -0.4 is 31.9 Å². The first-order valence-corrected chi connectivity index (χ1v) is 30.4. The molecule has 9 rings (SSSR count). The zero-order valence-electron chi connectivity index (χ0n) is 50.5. The van der Waals surface area contributed by atoms with E-state index in [-0.39, 0.29) is 59.1 Å². The Balaban J connectivity index is 0.979. The van der Waals surface area contributed by atoms with Crippen LogP contribution in [0, 0.1) is 0 Å². The van der Waals surface area contributed by atoms with Gasteiger partial charge in [0.05, 0.1) is 56.8 Å². The minimum atomic E-state index is -1.87. The topological polar surface area (TPSA) is 360 Å².